The van der Waals surface area contributed by atoms with Crippen molar-refractivity contribution in [2.24, 2.45) is 0 Å². The first-order valence-electron chi connectivity index (χ1n) is 12.2. The third kappa shape index (κ3) is 4.40. The van der Waals surface area contributed by atoms with Crippen molar-refractivity contribution in [1.29, 1.82) is 0 Å². The van der Waals surface area contributed by atoms with Gasteiger partial charge in [0.1, 0.15) is 23.3 Å². The number of amides is 2. The SMILES string of the molecule is Cc1oc(-c2ccccc2NC(=O)[C@@H]2CCCO2)nc1CNC(=O)c1[nH]c2c(C)ccc(C)c2c1C. The summed E-state index contributed by atoms with van der Waals surface area (Å²) in [7, 11) is 0. The Hall–Kier alpha value is -3.91. The van der Waals surface area contributed by atoms with E-state index in [1.807, 2.05) is 52.0 Å². The third-order valence-corrected chi connectivity index (χ3v) is 6.80. The Morgan fingerprint density at radius 1 is 1.08 bits per heavy atom. The Bertz CT molecular complexity index is 1460. The molecule has 1 atom stereocenters. The number of carbonyl (C=O) groups is 2. The molecule has 0 spiro atoms. The van der Waals surface area contributed by atoms with Gasteiger partial charge in [0, 0.05) is 17.5 Å². The molecule has 2 aromatic carbocycles. The van der Waals surface area contributed by atoms with Crippen molar-refractivity contribution in [1.82, 2.24) is 15.3 Å². The van der Waals surface area contributed by atoms with Gasteiger partial charge < -0.3 is 24.8 Å². The second kappa shape index (κ2) is 9.62. The Balaban J connectivity index is 1.34. The van der Waals surface area contributed by atoms with Gasteiger partial charge in [-0.1, -0.05) is 24.3 Å². The lowest BCUT2D eigenvalue weighted by Crippen LogP contribution is -2.27. The summed E-state index contributed by atoms with van der Waals surface area (Å²) in [6, 6.07) is 11.5. The fourth-order valence-corrected chi connectivity index (χ4v) is 4.76. The number of hydrogen-bond acceptors (Lipinski definition) is 5. The number of ether oxygens (including phenoxy) is 1. The van der Waals surface area contributed by atoms with Crippen LogP contribution in [0.3, 0.4) is 0 Å². The molecule has 8 heteroatoms. The van der Waals surface area contributed by atoms with E-state index >= 15 is 0 Å². The van der Waals surface area contributed by atoms with Crippen molar-refractivity contribution in [2.45, 2.75) is 53.2 Å². The number of hydrogen-bond donors (Lipinski definition) is 3. The predicted molar refractivity (Wildman–Crippen MR) is 138 cm³/mol. The summed E-state index contributed by atoms with van der Waals surface area (Å²) in [5.74, 6) is 0.615. The maximum absolute atomic E-state index is 13.1. The lowest BCUT2D eigenvalue weighted by molar-refractivity contribution is -0.124. The molecule has 1 aliphatic rings. The molecule has 0 aliphatic carbocycles. The number of para-hydroxylation sites is 1. The van der Waals surface area contributed by atoms with E-state index in [0.29, 0.717) is 47.3 Å². The standard InChI is InChI=1S/C28H30N4O4/c1-15-11-12-16(2)24-23(15)17(3)25(32-24)27(34)29-14-21-18(4)36-28(31-21)19-8-5-6-9-20(19)30-26(33)22-10-7-13-35-22/h5-6,8-9,11-12,22,32H,7,10,13-14H2,1-4H3,(H,29,34)(H,30,33)/t22-/m0/s1. The molecule has 3 N–H and O–H groups in total. The number of aromatic amines is 1. The fourth-order valence-electron chi connectivity index (χ4n) is 4.76. The predicted octanol–water partition coefficient (Wildman–Crippen LogP) is 5.10. The summed E-state index contributed by atoms with van der Waals surface area (Å²) in [5.41, 5.74) is 6.59. The van der Waals surface area contributed by atoms with Crippen molar-refractivity contribution in [3.8, 4) is 11.5 Å². The number of oxazole rings is 1. The number of nitrogens with one attached hydrogen (secondary N) is 3. The van der Waals surface area contributed by atoms with Crippen LogP contribution in [0.1, 0.15) is 51.5 Å². The van der Waals surface area contributed by atoms with Crippen LogP contribution in [-0.4, -0.2) is 34.5 Å². The number of rotatable bonds is 6. The molecule has 2 aromatic heterocycles. The van der Waals surface area contributed by atoms with Gasteiger partial charge in [0.2, 0.25) is 5.89 Å². The second-order valence-corrected chi connectivity index (χ2v) is 9.32. The monoisotopic (exact) mass is 486 g/mol. The highest BCUT2D eigenvalue weighted by Crippen LogP contribution is 2.30. The largest absolute Gasteiger partial charge is 0.441 e. The number of aromatic nitrogens is 2. The Morgan fingerprint density at radius 3 is 2.61 bits per heavy atom. The normalized spacial score (nSPS) is 15.4. The molecule has 0 unspecified atom stereocenters. The molecule has 1 fully saturated rings. The van der Waals surface area contributed by atoms with Crippen LogP contribution in [-0.2, 0) is 16.1 Å². The van der Waals surface area contributed by atoms with Crippen LogP contribution in [0.25, 0.3) is 22.4 Å². The van der Waals surface area contributed by atoms with Crippen LogP contribution in [0.2, 0.25) is 0 Å². The average Bonchev–Trinajstić information content (AvgIpc) is 3.60. The second-order valence-electron chi connectivity index (χ2n) is 9.32. The fraction of sp³-hybridized carbons (Fsp3) is 0.321. The number of H-pyrrole nitrogens is 1. The Labute approximate surface area is 209 Å². The van der Waals surface area contributed by atoms with Crippen LogP contribution in [0.4, 0.5) is 5.69 Å². The first kappa shape index (κ1) is 23.8. The van der Waals surface area contributed by atoms with Gasteiger partial charge in [-0.15, -0.1) is 0 Å². The highest BCUT2D eigenvalue weighted by molar-refractivity contribution is 6.02. The summed E-state index contributed by atoms with van der Waals surface area (Å²) in [5, 5.41) is 6.99. The van der Waals surface area contributed by atoms with E-state index in [4.69, 9.17) is 9.15 Å². The molecule has 1 saturated heterocycles. The maximum Gasteiger partial charge on any atom is 0.268 e. The molecule has 4 aromatic rings. The Kier molecular flexibility index (Phi) is 6.36. The van der Waals surface area contributed by atoms with E-state index in [1.165, 1.54) is 0 Å². The summed E-state index contributed by atoms with van der Waals surface area (Å²) in [4.78, 5) is 33.6. The lowest BCUT2D eigenvalue weighted by atomic mass is 10.0. The van der Waals surface area contributed by atoms with E-state index < -0.39 is 6.10 Å². The molecule has 186 valence electrons. The molecule has 1 aliphatic heterocycles. The molecule has 36 heavy (non-hydrogen) atoms. The maximum atomic E-state index is 13.1. The minimum Gasteiger partial charge on any atom is -0.441 e. The first-order valence-corrected chi connectivity index (χ1v) is 12.2. The molecular formula is C28H30N4O4. The number of carbonyl (C=O) groups excluding carboxylic acids is 2. The summed E-state index contributed by atoms with van der Waals surface area (Å²) >= 11 is 0. The Morgan fingerprint density at radius 2 is 1.86 bits per heavy atom. The van der Waals surface area contributed by atoms with Gasteiger partial charge in [0.15, 0.2) is 0 Å². The van der Waals surface area contributed by atoms with Gasteiger partial charge in [-0.2, -0.15) is 0 Å². The van der Waals surface area contributed by atoms with Crippen molar-refractivity contribution in [2.75, 3.05) is 11.9 Å². The van der Waals surface area contributed by atoms with Gasteiger partial charge in [-0.25, -0.2) is 4.98 Å². The first-order chi connectivity index (χ1) is 17.3. The molecule has 5 rings (SSSR count). The van der Waals surface area contributed by atoms with E-state index in [9.17, 15) is 9.59 Å². The molecule has 0 radical (unpaired) electrons. The summed E-state index contributed by atoms with van der Waals surface area (Å²) < 4.78 is 11.4. The van der Waals surface area contributed by atoms with Crippen LogP contribution >= 0.6 is 0 Å². The molecule has 2 amide bonds. The van der Waals surface area contributed by atoms with Crippen LogP contribution in [0.5, 0.6) is 0 Å². The van der Waals surface area contributed by atoms with Gasteiger partial charge in [-0.3, -0.25) is 9.59 Å². The van der Waals surface area contributed by atoms with E-state index in [1.54, 1.807) is 0 Å². The van der Waals surface area contributed by atoms with Gasteiger partial charge in [-0.05, 0) is 69.4 Å². The molecular weight excluding hydrogens is 456 g/mol. The quantitative estimate of drug-likeness (QED) is 0.351. The number of nitrogens with zero attached hydrogens (tertiary/aromatic N) is 1. The zero-order valence-corrected chi connectivity index (χ0v) is 21.0. The number of benzene rings is 2. The van der Waals surface area contributed by atoms with E-state index in [0.717, 1.165) is 34.0 Å². The van der Waals surface area contributed by atoms with Gasteiger partial charge in [0.05, 0.1) is 17.8 Å². The van der Waals surface area contributed by atoms with Gasteiger partial charge >= 0.3 is 0 Å². The molecule has 8 nitrogen and oxygen atoms in total. The number of aryl methyl sites for hydroxylation is 4. The number of fused-ring (bicyclic) bond motifs is 1. The molecule has 0 bridgehead atoms. The highest BCUT2D eigenvalue weighted by atomic mass is 16.5. The third-order valence-electron chi connectivity index (χ3n) is 6.80. The van der Waals surface area contributed by atoms with Gasteiger partial charge in [0.25, 0.3) is 11.8 Å². The van der Waals surface area contributed by atoms with Crippen LogP contribution in [0, 0.1) is 27.7 Å². The topological polar surface area (TPSA) is 109 Å². The van der Waals surface area contributed by atoms with Crippen molar-refractivity contribution in [3.05, 3.63) is 70.2 Å². The van der Waals surface area contributed by atoms with E-state index in [-0.39, 0.29) is 18.4 Å². The average molecular weight is 487 g/mol. The van der Waals surface area contributed by atoms with Crippen molar-refractivity contribution < 1.29 is 18.7 Å². The van der Waals surface area contributed by atoms with Crippen molar-refractivity contribution >= 4 is 28.4 Å². The van der Waals surface area contributed by atoms with E-state index in [2.05, 4.69) is 32.7 Å². The zero-order chi connectivity index (χ0) is 25.4. The minimum absolute atomic E-state index is 0.171. The highest BCUT2D eigenvalue weighted by Gasteiger charge is 2.25. The summed E-state index contributed by atoms with van der Waals surface area (Å²) in [6.07, 6.45) is 1.16. The van der Waals surface area contributed by atoms with Crippen LogP contribution < -0.4 is 10.6 Å². The molecule has 0 saturated carbocycles. The zero-order valence-electron chi connectivity index (χ0n) is 21.0. The lowest BCUT2D eigenvalue weighted by Gasteiger charge is -2.12. The number of anilines is 1. The summed E-state index contributed by atoms with van der Waals surface area (Å²) in [6.45, 7) is 8.66. The van der Waals surface area contributed by atoms with Crippen LogP contribution in [0.15, 0.2) is 40.8 Å². The molecule has 3 heterocycles. The smallest absolute Gasteiger partial charge is 0.268 e. The minimum atomic E-state index is -0.434. The van der Waals surface area contributed by atoms with Crippen molar-refractivity contribution in [3.63, 3.8) is 0 Å².